The topological polar surface area (TPSA) is 80.5 Å². The molecule has 0 aliphatic carbocycles. The van der Waals surface area contributed by atoms with Crippen LogP contribution in [-0.4, -0.2) is 26.3 Å². The number of hydrogen-bond donors (Lipinski definition) is 1. The summed E-state index contributed by atoms with van der Waals surface area (Å²) in [5, 5.41) is 5.16. The zero-order valence-electron chi connectivity index (χ0n) is 17.1. The first-order valence-electron chi connectivity index (χ1n) is 9.75. The SMILES string of the molecule is CC(c1ccc(S(N)(=O)=O)cc1)N(C)C(=O)CC(c1ccccc1)c1ccccc1. The molecule has 5 nitrogen and oxygen atoms in total. The van der Waals surface area contributed by atoms with E-state index in [1.165, 1.54) is 12.1 Å². The molecule has 30 heavy (non-hydrogen) atoms. The van der Waals surface area contributed by atoms with Crippen LogP contribution < -0.4 is 5.14 Å². The first-order chi connectivity index (χ1) is 14.3. The number of sulfonamides is 1. The van der Waals surface area contributed by atoms with Crippen molar-refractivity contribution in [1.29, 1.82) is 0 Å². The highest BCUT2D eigenvalue weighted by atomic mass is 32.2. The summed E-state index contributed by atoms with van der Waals surface area (Å²) in [6.45, 7) is 1.92. The van der Waals surface area contributed by atoms with Gasteiger partial charge < -0.3 is 4.90 Å². The van der Waals surface area contributed by atoms with Crippen molar-refractivity contribution in [3.8, 4) is 0 Å². The molecule has 156 valence electrons. The van der Waals surface area contributed by atoms with Crippen LogP contribution in [0.1, 0.15) is 42.0 Å². The lowest BCUT2D eigenvalue weighted by Gasteiger charge is -2.28. The first kappa shape index (κ1) is 21.7. The summed E-state index contributed by atoms with van der Waals surface area (Å²) in [6, 6.07) is 26.1. The molecule has 0 radical (unpaired) electrons. The molecule has 0 heterocycles. The number of rotatable bonds is 7. The highest BCUT2D eigenvalue weighted by Crippen LogP contribution is 2.30. The van der Waals surface area contributed by atoms with Gasteiger partial charge in [-0.25, -0.2) is 13.6 Å². The predicted octanol–water partition coefficient (Wildman–Crippen LogP) is 4.08. The van der Waals surface area contributed by atoms with Crippen LogP contribution in [0.5, 0.6) is 0 Å². The molecule has 0 saturated heterocycles. The molecule has 3 rings (SSSR count). The lowest BCUT2D eigenvalue weighted by atomic mass is 9.88. The molecule has 0 fully saturated rings. The number of amides is 1. The highest BCUT2D eigenvalue weighted by Gasteiger charge is 2.23. The van der Waals surface area contributed by atoms with Gasteiger partial charge in [0.05, 0.1) is 10.9 Å². The monoisotopic (exact) mass is 422 g/mol. The fraction of sp³-hybridized carbons (Fsp3) is 0.208. The van der Waals surface area contributed by atoms with E-state index in [2.05, 4.69) is 0 Å². The van der Waals surface area contributed by atoms with Crippen LogP contribution in [0.15, 0.2) is 89.8 Å². The maximum absolute atomic E-state index is 13.2. The summed E-state index contributed by atoms with van der Waals surface area (Å²) < 4.78 is 22.9. The fourth-order valence-corrected chi connectivity index (χ4v) is 4.01. The summed E-state index contributed by atoms with van der Waals surface area (Å²) in [6.07, 6.45) is 0.337. The molecule has 0 bridgehead atoms. The minimum Gasteiger partial charge on any atom is -0.339 e. The van der Waals surface area contributed by atoms with Crippen LogP contribution in [0.4, 0.5) is 0 Å². The minimum absolute atomic E-state index is 0.00993. The van der Waals surface area contributed by atoms with E-state index in [9.17, 15) is 13.2 Å². The number of carbonyl (C=O) groups excluding carboxylic acids is 1. The number of hydrogen-bond acceptors (Lipinski definition) is 3. The van der Waals surface area contributed by atoms with Gasteiger partial charge in [0.1, 0.15) is 0 Å². The van der Waals surface area contributed by atoms with Gasteiger partial charge in [0, 0.05) is 19.4 Å². The molecule has 0 aliphatic rings. The van der Waals surface area contributed by atoms with Gasteiger partial charge in [-0.3, -0.25) is 4.79 Å². The second-order valence-electron chi connectivity index (χ2n) is 7.37. The van der Waals surface area contributed by atoms with Gasteiger partial charge in [-0.15, -0.1) is 0 Å². The number of carbonyl (C=O) groups is 1. The van der Waals surface area contributed by atoms with Gasteiger partial charge in [-0.2, -0.15) is 0 Å². The van der Waals surface area contributed by atoms with E-state index in [0.717, 1.165) is 16.7 Å². The normalized spacial score (nSPS) is 12.5. The average Bonchev–Trinajstić information content (AvgIpc) is 2.77. The van der Waals surface area contributed by atoms with Crippen molar-refractivity contribution in [1.82, 2.24) is 4.90 Å². The molecule has 0 spiro atoms. The Labute approximate surface area is 178 Å². The van der Waals surface area contributed by atoms with Crippen LogP contribution in [-0.2, 0) is 14.8 Å². The minimum atomic E-state index is -3.74. The Morgan fingerprint density at radius 3 is 1.73 bits per heavy atom. The van der Waals surface area contributed by atoms with E-state index < -0.39 is 10.0 Å². The molecular formula is C24H26N2O3S. The Morgan fingerprint density at radius 2 is 1.30 bits per heavy atom. The summed E-state index contributed by atoms with van der Waals surface area (Å²) in [4.78, 5) is 14.9. The van der Waals surface area contributed by atoms with E-state index in [0.29, 0.717) is 6.42 Å². The summed E-state index contributed by atoms with van der Waals surface area (Å²) in [5.74, 6) is -0.0324. The van der Waals surface area contributed by atoms with E-state index in [1.54, 1.807) is 24.1 Å². The molecule has 0 aliphatic heterocycles. The van der Waals surface area contributed by atoms with Gasteiger partial charge in [0.2, 0.25) is 15.9 Å². The van der Waals surface area contributed by atoms with Crippen molar-refractivity contribution >= 4 is 15.9 Å². The molecular weight excluding hydrogens is 396 g/mol. The van der Waals surface area contributed by atoms with Crippen LogP contribution in [0.3, 0.4) is 0 Å². The molecule has 0 saturated carbocycles. The molecule has 3 aromatic carbocycles. The van der Waals surface area contributed by atoms with Crippen molar-refractivity contribution in [2.24, 2.45) is 5.14 Å². The molecule has 1 amide bonds. The third-order valence-electron chi connectivity index (χ3n) is 5.45. The number of primary sulfonamides is 1. The Morgan fingerprint density at radius 1 is 0.833 bits per heavy atom. The molecule has 1 unspecified atom stereocenters. The molecule has 2 N–H and O–H groups in total. The van der Waals surface area contributed by atoms with Crippen molar-refractivity contribution in [2.45, 2.75) is 30.2 Å². The van der Waals surface area contributed by atoms with Crippen molar-refractivity contribution in [3.05, 3.63) is 102 Å². The summed E-state index contributed by atoms with van der Waals surface area (Å²) in [7, 11) is -1.97. The predicted molar refractivity (Wildman–Crippen MR) is 118 cm³/mol. The quantitative estimate of drug-likeness (QED) is 0.623. The summed E-state index contributed by atoms with van der Waals surface area (Å²) >= 11 is 0. The van der Waals surface area contributed by atoms with Gasteiger partial charge in [0.15, 0.2) is 0 Å². The molecule has 1 atom stereocenters. The standard InChI is InChI=1S/C24H26N2O3S/c1-18(19-13-15-22(16-14-19)30(25,28)29)26(2)24(27)17-23(20-9-5-3-6-10-20)21-11-7-4-8-12-21/h3-16,18,23H,17H2,1-2H3,(H2,25,28,29). The second-order valence-corrected chi connectivity index (χ2v) is 8.93. The average molecular weight is 423 g/mol. The van der Waals surface area contributed by atoms with E-state index >= 15 is 0 Å². The van der Waals surface area contributed by atoms with Crippen molar-refractivity contribution in [3.63, 3.8) is 0 Å². The lowest BCUT2D eigenvalue weighted by Crippen LogP contribution is -2.31. The molecule has 6 heteroatoms. The first-order valence-corrected chi connectivity index (χ1v) is 11.3. The Hall–Kier alpha value is -2.96. The van der Waals surface area contributed by atoms with Crippen LogP contribution in [0.25, 0.3) is 0 Å². The third kappa shape index (κ3) is 5.14. The number of nitrogens with zero attached hydrogens (tertiary/aromatic N) is 1. The van der Waals surface area contributed by atoms with Crippen molar-refractivity contribution < 1.29 is 13.2 Å². The lowest BCUT2D eigenvalue weighted by molar-refractivity contribution is -0.132. The third-order valence-corrected chi connectivity index (χ3v) is 6.38. The largest absolute Gasteiger partial charge is 0.339 e. The zero-order chi connectivity index (χ0) is 21.7. The second kappa shape index (κ2) is 9.24. The maximum Gasteiger partial charge on any atom is 0.238 e. The Balaban J connectivity index is 1.80. The fourth-order valence-electron chi connectivity index (χ4n) is 3.49. The number of nitrogens with two attached hydrogens (primary N) is 1. The van der Waals surface area contributed by atoms with Crippen molar-refractivity contribution in [2.75, 3.05) is 7.05 Å². The zero-order valence-corrected chi connectivity index (χ0v) is 17.9. The maximum atomic E-state index is 13.2. The Bertz CT molecular complexity index is 1040. The van der Waals surface area contributed by atoms with Crippen LogP contribution in [0.2, 0.25) is 0 Å². The van der Waals surface area contributed by atoms with Gasteiger partial charge in [-0.05, 0) is 35.7 Å². The van der Waals surface area contributed by atoms with E-state index in [4.69, 9.17) is 5.14 Å². The Kier molecular flexibility index (Phi) is 6.70. The van der Waals surface area contributed by atoms with Crippen LogP contribution >= 0.6 is 0 Å². The van der Waals surface area contributed by atoms with Crippen LogP contribution in [0, 0.1) is 0 Å². The van der Waals surface area contributed by atoms with Gasteiger partial charge in [0.25, 0.3) is 0 Å². The highest BCUT2D eigenvalue weighted by molar-refractivity contribution is 7.89. The molecule has 0 aromatic heterocycles. The smallest absolute Gasteiger partial charge is 0.238 e. The van der Waals surface area contributed by atoms with E-state index in [1.807, 2.05) is 67.6 Å². The van der Waals surface area contributed by atoms with Gasteiger partial charge >= 0.3 is 0 Å². The number of benzene rings is 3. The van der Waals surface area contributed by atoms with E-state index in [-0.39, 0.29) is 22.8 Å². The van der Waals surface area contributed by atoms with Gasteiger partial charge in [-0.1, -0.05) is 72.8 Å². The molecule has 3 aromatic rings. The summed E-state index contributed by atoms with van der Waals surface area (Å²) in [5.41, 5.74) is 3.03.